The molecule has 0 aromatic carbocycles. The van der Waals surface area contributed by atoms with Crippen molar-refractivity contribution in [3.8, 4) is 0 Å². The maximum atomic E-state index is 12.0. The zero-order chi connectivity index (χ0) is 9.23. The molecule has 0 rings (SSSR count). The summed E-state index contributed by atoms with van der Waals surface area (Å²) in [6, 6.07) is 0. The third kappa shape index (κ3) is 6.35. The smallest absolute Gasteiger partial charge is 0.0871 e. The average Bonchev–Trinajstić information content (AvgIpc) is 2.11. The van der Waals surface area contributed by atoms with Gasteiger partial charge in [-0.3, -0.25) is 0 Å². The van der Waals surface area contributed by atoms with E-state index in [0.29, 0.717) is 12.9 Å². The molecule has 0 saturated carbocycles. The van der Waals surface area contributed by atoms with Crippen molar-refractivity contribution < 1.29 is 4.39 Å². The van der Waals surface area contributed by atoms with Gasteiger partial charge < -0.3 is 5.73 Å². The summed E-state index contributed by atoms with van der Waals surface area (Å²) in [5.74, 6) is 0. The van der Waals surface area contributed by atoms with Gasteiger partial charge in [-0.05, 0) is 18.4 Å². The summed E-state index contributed by atoms with van der Waals surface area (Å²) >= 11 is 0. The molecule has 0 bridgehead atoms. The number of unbranched alkanes of at least 4 members (excludes halogenated alkanes) is 4. The zero-order valence-corrected chi connectivity index (χ0v) is 7.98. The van der Waals surface area contributed by atoms with Crippen LogP contribution in [0.3, 0.4) is 0 Å². The molecule has 0 atom stereocenters. The van der Waals surface area contributed by atoms with Gasteiger partial charge in [0.05, 0.1) is 6.33 Å². The lowest BCUT2D eigenvalue weighted by atomic mass is 10.1. The summed E-state index contributed by atoms with van der Waals surface area (Å²) in [5, 5.41) is 0. The van der Waals surface area contributed by atoms with Crippen LogP contribution in [0.25, 0.3) is 0 Å². The van der Waals surface area contributed by atoms with Gasteiger partial charge in [0, 0.05) is 6.54 Å². The van der Waals surface area contributed by atoms with E-state index in [0.717, 1.165) is 18.4 Å². The molecule has 0 heterocycles. The molecule has 0 unspecified atom stereocenters. The molecule has 0 aromatic heterocycles. The molecule has 2 heteroatoms. The molecule has 0 amide bonds. The largest absolute Gasteiger partial charge is 0.327 e. The third-order valence-electron chi connectivity index (χ3n) is 2.02. The van der Waals surface area contributed by atoms with Crippen LogP contribution in [0.2, 0.25) is 0 Å². The normalized spacial score (nSPS) is 12.1. The Balaban J connectivity index is 3.18. The Morgan fingerprint density at radius 1 is 1.25 bits per heavy atom. The Hall–Kier alpha value is -0.370. The molecule has 0 fully saturated rings. The summed E-state index contributed by atoms with van der Waals surface area (Å²) in [5.41, 5.74) is 6.06. The minimum Gasteiger partial charge on any atom is -0.327 e. The summed E-state index contributed by atoms with van der Waals surface area (Å²) in [6.07, 6.45) is 7.56. The van der Waals surface area contributed by atoms with Crippen LogP contribution < -0.4 is 5.73 Å². The maximum Gasteiger partial charge on any atom is 0.0871 e. The molecular formula is C10H20FN. The van der Waals surface area contributed by atoms with Crippen LogP contribution in [0, 0.1) is 0 Å². The van der Waals surface area contributed by atoms with Crippen molar-refractivity contribution in [2.24, 2.45) is 5.73 Å². The average molecular weight is 173 g/mol. The van der Waals surface area contributed by atoms with E-state index < -0.39 is 0 Å². The van der Waals surface area contributed by atoms with Crippen LogP contribution in [0.4, 0.5) is 4.39 Å². The zero-order valence-electron chi connectivity index (χ0n) is 7.98. The Labute approximate surface area is 74.8 Å². The molecular weight excluding hydrogens is 153 g/mol. The van der Waals surface area contributed by atoms with Crippen molar-refractivity contribution in [2.75, 3.05) is 6.54 Å². The summed E-state index contributed by atoms with van der Waals surface area (Å²) in [7, 11) is 0. The Kier molecular flexibility index (Phi) is 8.46. The second-order valence-corrected chi connectivity index (χ2v) is 3.14. The first-order valence-electron chi connectivity index (χ1n) is 4.83. The lowest BCUT2D eigenvalue weighted by Crippen LogP contribution is -2.02. The van der Waals surface area contributed by atoms with Gasteiger partial charge in [0.1, 0.15) is 0 Å². The highest BCUT2D eigenvalue weighted by molar-refractivity contribution is 4.98. The van der Waals surface area contributed by atoms with E-state index in [2.05, 4.69) is 6.92 Å². The van der Waals surface area contributed by atoms with E-state index >= 15 is 0 Å². The molecule has 1 nitrogen and oxygen atoms in total. The van der Waals surface area contributed by atoms with Crippen molar-refractivity contribution in [3.05, 3.63) is 11.9 Å². The quantitative estimate of drug-likeness (QED) is 0.588. The molecule has 0 saturated heterocycles. The lowest BCUT2D eigenvalue weighted by molar-refractivity contribution is 0.617. The van der Waals surface area contributed by atoms with Crippen LogP contribution in [-0.2, 0) is 0 Å². The van der Waals surface area contributed by atoms with E-state index in [-0.39, 0.29) is 0 Å². The van der Waals surface area contributed by atoms with Crippen LogP contribution in [0.5, 0.6) is 0 Å². The Bertz CT molecular complexity index is 121. The van der Waals surface area contributed by atoms with E-state index in [4.69, 9.17) is 5.73 Å². The topological polar surface area (TPSA) is 26.0 Å². The third-order valence-corrected chi connectivity index (χ3v) is 2.02. The van der Waals surface area contributed by atoms with Gasteiger partial charge in [-0.2, -0.15) is 0 Å². The second kappa shape index (κ2) is 8.72. The van der Waals surface area contributed by atoms with Crippen molar-refractivity contribution in [1.29, 1.82) is 0 Å². The van der Waals surface area contributed by atoms with E-state index in [1.165, 1.54) is 25.7 Å². The van der Waals surface area contributed by atoms with Crippen molar-refractivity contribution in [1.82, 2.24) is 0 Å². The fourth-order valence-corrected chi connectivity index (χ4v) is 1.16. The fraction of sp³-hybridized carbons (Fsp3) is 0.800. The monoisotopic (exact) mass is 173 g/mol. The first-order valence-corrected chi connectivity index (χ1v) is 4.83. The van der Waals surface area contributed by atoms with Crippen molar-refractivity contribution in [2.45, 2.75) is 45.4 Å². The highest BCUT2D eigenvalue weighted by Gasteiger charge is 1.94. The number of rotatable bonds is 7. The minimum absolute atomic E-state index is 0.365. The fourth-order valence-electron chi connectivity index (χ4n) is 1.16. The molecule has 72 valence electrons. The van der Waals surface area contributed by atoms with E-state index in [1.807, 2.05) is 0 Å². The summed E-state index contributed by atoms with van der Waals surface area (Å²) in [4.78, 5) is 0. The first kappa shape index (κ1) is 11.6. The van der Waals surface area contributed by atoms with Gasteiger partial charge in [0.15, 0.2) is 0 Å². The summed E-state index contributed by atoms with van der Waals surface area (Å²) < 4.78 is 12.0. The Morgan fingerprint density at radius 3 is 2.42 bits per heavy atom. The van der Waals surface area contributed by atoms with Crippen LogP contribution in [0.15, 0.2) is 11.9 Å². The van der Waals surface area contributed by atoms with E-state index in [1.54, 1.807) is 0 Å². The van der Waals surface area contributed by atoms with Crippen molar-refractivity contribution >= 4 is 0 Å². The number of hydrogen-bond acceptors (Lipinski definition) is 1. The van der Waals surface area contributed by atoms with Crippen LogP contribution >= 0.6 is 0 Å². The molecule has 0 aliphatic heterocycles. The van der Waals surface area contributed by atoms with Gasteiger partial charge >= 0.3 is 0 Å². The number of hydrogen-bond donors (Lipinski definition) is 1. The minimum atomic E-state index is 0.365. The SMILES string of the molecule is CCCCCCC/C(=C/F)CN. The highest BCUT2D eigenvalue weighted by Crippen LogP contribution is 2.10. The lowest BCUT2D eigenvalue weighted by Gasteiger charge is -2.01. The highest BCUT2D eigenvalue weighted by atomic mass is 19.1. The predicted octanol–water partition coefficient (Wildman–Crippen LogP) is 3.16. The van der Waals surface area contributed by atoms with Gasteiger partial charge in [-0.1, -0.05) is 32.6 Å². The molecule has 0 aliphatic rings. The molecule has 0 radical (unpaired) electrons. The maximum absolute atomic E-state index is 12.0. The second-order valence-electron chi connectivity index (χ2n) is 3.14. The van der Waals surface area contributed by atoms with Gasteiger partial charge in [-0.25, -0.2) is 4.39 Å². The molecule has 12 heavy (non-hydrogen) atoms. The first-order chi connectivity index (χ1) is 5.85. The van der Waals surface area contributed by atoms with Gasteiger partial charge in [0.25, 0.3) is 0 Å². The van der Waals surface area contributed by atoms with E-state index in [9.17, 15) is 4.39 Å². The number of halogens is 1. The molecule has 0 spiro atoms. The van der Waals surface area contributed by atoms with Gasteiger partial charge in [-0.15, -0.1) is 0 Å². The molecule has 2 N–H and O–H groups in total. The Morgan fingerprint density at radius 2 is 1.92 bits per heavy atom. The molecule has 0 aliphatic carbocycles. The van der Waals surface area contributed by atoms with Crippen LogP contribution in [-0.4, -0.2) is 6.54 Å². The standard InChI is InChI=1S/C10H20FN/c1-2-3-4-5-6-7-10(8-11)9-12/h8H,2-7,9,12H2,1H3/b10-8-. The van der Waals surface area contributed by atoms with Gasteiger partial charge in [0.2, 0.25) is 0 Å². The predicted molar refractivity (Wildman–Crippen MR) is 51.6 cm³/mol. The van der Waals surface area contributed by atoms with Crippen molar-refractivity contribution in [3.63, 3.8) is 0 Å². The van der Waals surface area contributed by atoms with Crippen LogP contribution in [0.1, 0.15) is 45.4 Å². The number of nitrogens with two attached hydrogens (primary N) is 1. The molecule has 0 aromatic rings. The summed E-state index contributed by atoms with van der Waals surface area (Å²) in [6.45, 7) is 2.55.